The van der Waals surface area contributed by atoms with E-state index >= 15 is 0 Å². The van der Waals surface area contributed by atoms with Gasteiger partial charge < -0.3 is 10.3 Å². The maximum absolute atomic E-state index is 11.0. The third-order valence-electron chi connectivity index (χ3n) is 3.67. The molecule has 0 aliphatic carbocycles. The molecule has 0 aliphatic heterocycles. The second-order valence-electron chi connectivity index (χ2n) is 5.52. The van der Waals surface area contributed by atoms with Gasteiger partial charge in [0, 0.05) is 18.5 Å². The quantitative estimate of drug-likeness (QED) is 0.665. The molecule has 0 saturated heterocycles. The van der Waals surface area contributed by atoms with Crippen LogP contribution >= 0.6 is 0 Å². The van der Waals surface area contributed by atoms with E-state index in [-0.39, 0.29) is 0 Å². The van der Waals surface area contributed by atoms with Crippen molar-refractivity contribution in [3.63, 3.8) is 0 Å². The number of hydrogen-bond acceptors (Lipinski definition) is 5. The van der Waals surface area contributed by atoms with Crippen LogP contribution in [0.2, 0.25) is 0 Å². The average molecular weight is 333 g/mol. The van der Waals surface area contributed by atoms with E-state index in [0.717, 1.165) is 42.1 Å². The third-order valence-corrected chi connectivity index (χ3v) is 4.40. The number of fused-ring (bicyclic) bond motifs is 3. The molecule has 7 nitrogen and oxygen atoms in total. The number of nitrogens with zero attached hydrogens (tertiary/aromatic N) is 3. The summed E-state index contributed by atoms with van der Waals surface area (Å²) < 4.78 is 26.6. The van der Waals surface area contributed by atoms with Crippen LogP contribution < -0.4 is 10.5 Å². The zero-order chi connectivity index (χ0) is 16.4. The number of benzene rings is 1. The highest BCUT2D eigenvalue weighted by Crippen LogP contribution is 2.27. The van der Waals surface area contributed by atoms with Gasteiger partial charge in [-0.25, -0.2) is 23.1 Å². The SMILES string of the molecule is CS(=O)(=O)NCCCCn1cnc2c(N)nc3ccccc3c21. The van der Waals surface area contributed by atoms with E-state index in [1.54, 1.807) is 6.33 Å². The molecule has 0 bridgehead atoms. The molecule has 2 heterocycles. The van der Waals surface area contributed by atoms with E-state index in [0.29, 0.717) is 17.9 Å². The Morgan fingerprint density at radius 1 is 1.26 bits per heavy atom. The van der Waals surface area contributed by atoms with Gasteiger partial charge in [-0.2, -0.15) is 0 Å². The first kappa shape index (κ1) is 15.7. The van der Waals surface area contributed by atoms with Crippen LogP contribution in [0.4, 0.5) is 5.82 Å². The minimum Gasteiger partial charge on any atom is -0.382 e. The summed E-state index contributed by atoms with van der Waals surface area (Å²) in [6, 6.07) is 7.83. The first-order valence-electron chi connectivity index (χ1n) is 7.39. The second kappa shape index (κ2) is 6.13. The summed E-state index contributed by atoms with van der Waals surface area (Å²) in [7, 11) is -3.12. The van der Waals surface area contributed by atoms with Gasteiger partial charge in [0.1, 0.15) is 5.52 Å². The van der Waals surface area contributed by atoms with Crippen molar-refractivity contribution in [2.45, 2.75) is 19.4 Å². The highest BCUT2D eigenvalue weighted by atomic mass is 32.2. The number of sulfonamides is 1. The molecule has 3 N–H and O–H groups in total. The molecule has 0 saturated carbocycles. The van der Waals surface area contributed by atoms with E-state index in [1.807, 2.05) is 24.3 Å². The number of hydrogen-bond donors (Lipinski definition) is 2. The highest BCUT2D eigenvalue weighted by Gasteiger charge is 2.11. The van der Waals surface area contributed by atoms with Crippen molar-refractivity contribution in [3.05, 3.63) is 30.6 Å². The number of para-hydroxylation sites is 1. The standard InChI is InChI=1S/C15H19N5O2S/c1-23(21,22)18-8-4-5-9-20-10-17-13-14(20)11-6-2-3-7-12(11)19-15(13)16/h2-3,6-7,10,18H,4-5,8-9H2,1H3,(H2,16,19). The summed E-state index contributed by atoms with van der Waals surface area (Å²) in [4.78, 5) is 8.75. The molecule has 0 aliphatic rings. The molecular weight excluding hydrogens is 314 g/mol. The van der Waals surface area contributed by atoms with Gasteiger partial charge in [-0.15, -0.1) is 0 Å². The number of pyridine rings is 1. The van der Waals surface area contributed by atoms with Gasteiger partial charge in [-0.3, -0.25) is 0 Å². The summed E-state index contributed by atoms with van der Waals surface area (Å²) in [6.45, 7) is 1.19. The summed E-state index contributed by atoms with van der Waals surface area (Å²) in [5, 5.41) is 1.02. The topological polar surface area (TPSA) is 103 Å². The molecule has 0 unspecified atom stereocenters. The number of anilines is 1. The van der Waals surface area contributed by atoms with Crippen LogP contribution in [-0.4, -0.2) is 35.8 Å². The number of aryl methyl sites for hydroxylation is 1. The Hall–Kier alpha value is -2.19. The molecular formula is C15H19N5O2S. The Kier molecular flexibility index (Phi) is 4.18. The zero-order valence-electron chi connectivity index (χ0n) is 12.9. The number of unbranched alkanes of at least 4 members (excludes halogenated alkanes) is 1. The van der Waals surface area contributed by atoms with Crippen molar-refractivity contribution in [1.82, 2.24) is 19.3 Å². The highest BCUT2D eigenvalue weighted by molar-refractivity contribution is 7.88. The Morgan fingerprint density at radius 2 is 2.04 bits per heavy atom. The Morgan fingerprint density at radius 3 is 2.83 bits per heavy atom. The molecule has 0 radical (unpaired) electrons. The van der Waals surface area contributed by atoms with E-state index in [2.05, 4.69) is 19.3 Å². The van der Waals surface area contributed by atoms with E-state index in [1.165, 1.54) is 0 Å². The smallest absolute Gasteiger partial charge is 0.208 e. The van der Waals surface area contributed by atoms with E-state index < -0.39 is 10.0 Å². The lowest BCUT2D eigenvalue weighted by molar-refractivity contribution is 0.573. The Balaban J connectivity index is 1.82. The van der Waals surface area contributed by atoms with Crippen LogP contribution in [0.15, 0.2) is 30.6 Å². The maximum Gasteiger partial charge on any atom is 0.208 e. The second-order valence-corrected chi connectivity index (χ2v) is 7.36. The van der Waals surface area contributed by atoms with Gasteiger partial charge in [0.05, 0.1) is 23.6 Å². The molecule has 8 heteroatoms. The molecule has 3 aromatic rings. The van der Waals surface area contributed by atoms with Crippen molar-refractivity contribution in [2.75, 3.05) is 18.5 Å². The minimum atomic E-state index is -3.12. The number of nitrogens with two attached hydrogens (primary N) is 1. The van der Waals surface area contributed by atoms with Crippen molar-refractivity contribution in [2.24, 2.45) is 0 Å². The van der Waals surface area contributed by atoms with E-state index in [4.69, 9.17) is 5.73 Å². The molecule has 3 rings (SSSR count). The lowest BCUT2D eigenvalue weighted by atomic mass is 10.2. The van der Waals surface area contributed by atoms with Gasteiger partial charge in [-0.05, 0) is 18.9 Å². The fraction of sp³-hybridized carbons (Fsp3) is 0.333. The van der Waals surface area contributed by atoms with Gasteiger partial charge in [0.25, 0.3) is 0 Å². The molecule has 0 fully saturated rings. The van der Waals surface area contributed by atoms with Crippen LogP contribution in [0, 0.1) is 0 Å². The number of nitrogens with one attached hydrogen (secondary N) is 1. The summed E-state index contributed by atoms with van der Waals surface area (Å²) >= 11 is 0. The van der Waals surface area contributed by atoms with Gasteiger partial charge in [0.15, 0.2) is 5.82 Å². The number of rotatable bonds is 6. The predicted octanol–water partition coefficient (Wildman–Crippen LogP) is 1.50. The third kappa shape index (κ3) is 3.43. The summed E-state index contributed by atoms with van der Waals surface area (Å²) in [5.41, 5.74) is 8.52. The largest absolute Gasteiger partial charge is 0.382 e. The molecule has 2 aromatic heterocycles. The predicted molar refractivity (Wildman–Crippen MR) is 91.5 cm³/mol. The Bertz CT molecular complexity index is 949. The number of aromatic nitrogens is 3. The average Bonchev–Trinajstić information content (AvgIpc) is 2.91. The summed E-state index contributed by atoms with van der Waals surface area (Å²) in [5.74, 6) is 0.427. The normalized spacial score (nSPS) is 12.2. The molecule has 0 spiro atoms. The van der Waals surface area contributed by atoms with Crippen LogP contribution in [0.3, 0.4) is 0 Å². The van der Waals surface area contributed by atoms with Gasteiger partial charge in [-0.1, -0.05) is 18.2 Å². The van der Waals surface area contributed by atoms with Crippen LogP contribution in [0.1, 0.15) is 12.8 Å². The lowest BCUT2D eigenvalue weighted by Gasteiger charge is -2.08. The van der Waals surface area contributed by atoms with Gasteiger partial charge >= 0.3 is 0 Å². The maximum atomic E-state index is 11.0. The van der Waals surface area contributed by atoms with Crippen molar-refractivity contribution >= 4 is 37.8 Å². The van der Waals surface area contributed by atoms with Crippen molar-refractivity contribution in [3.8, 4) is 0 Å². The van der Waals surface area contributed by atoms with Crippen molar-refractivity contribution < 1.29 is 8.42 Å². The molecule has 0 amide bonds. The first-order chi connectivity index (χ1) is 11.0. The summed E-state index contributed by atoms with van der Waals surface area (Å²) in [6.07, 6.45) is 4.52. The fourth-order valence-electron chi connectivity index (χ4n) is 2.64. The lowest BCUT2D eigenvalue weighted by Crippen LogP contribution is -2.23. The van der Waals surface area contributed by atoms with Crippen molar-refractivity contribution in [1.29, 1.82) is 0 Å². The zero-order valence-corrected chi connectivity index (χ0v) is 13.7. The monoisotopic (exact) mass is 333 g/mol. The molecule has 23 heavy (non-hydrogen) atoms. The first-order valence-corrected chi connectivity index (χ1v) is 9.28. The van der Waals surface area contributed by atoms with Crippen LogP contribution in [0.25, 0.3) is 21.9 Å². The molecule has 0 atom stereocenters. The minimum absolute atomic E-state index is 0.427. The molecule has 1 aromatic carbocycles. The number of nitrogen functional groups attached to an aromatic ring is 1. The van der Waals surface area contributed by atoms with Crippen LogP contribution in [-0.2, 0) is 16.6 Å². The Labute approximate surface area is 134 Å². The van der Waals surface area contributed by atoms with E-state index in [9.17, 15) is 8.42 Å². The van der Waals surface area contributed by atoms with Crippen LogP contribution in [0.5, 0.6) is 0 Å². The van der Waals surface area contributed by atoms with Gasteiger partial charge in [0.2, 0.25) is 10.0 Å². The number of imidazole rings is 1. The molecule has 122 valence electrons. The fourth-order valence-corrected chi connectivity index (χ4v) is 3.16.